The Morgan fingerprint density at radius 2 is 1.67 bits per heavy atom. The van der Waals surface area contributed by atoms with Crippen molar-refractivity contribution in [2.24, 2.45) is 0 Å². The van der Waals surface area contributed by atoms with E-state index in [4.69, 9.17) is 23.2 Å². The van der Waals surface area contributed by atoms with Crippen LogP contribution in [-0.2, 0) is 10.0 Å². The molecular weight excluding hydrogens is 369 g/mol. The van der Waals surface area contributed by atoms with Gasteiger partial charge >= 0.3 is 0 Å². The van der Waals surface area contributed by atoms with Crippen LogP contribution in [0.25, 0.3) is 0 Å². The average molecular weight is 386 g/mol. The lowest BCUT2D eigenvalue weighted by Crippen LogP contribution is -2.35. The van der Waals surface area contributed by atoms with Crippen LogP contribution in [0.4, 0.5) is 5.82 Å². The van der Waals surface area contributed by atoms with Gasteiger partial charge in [0.05, 0.1) is 10.0 Å². The lowest BCUT2D eigenvalue weighted by molar-refractivity contribution is 0.433. The summed E-state index contributed by atoms with van der Waals surface area (Å²) in [5.74, 6) is 0.691. The van der Waals surface area contributed by atoms with E-state index in [2.05, 4.69) is 4.98 Å². The van der Waals surface area contributed by atoms with Crippen molar-refractivity contribution in [1.82, 2.24) is 9.29 Å². The van der Waals surface area contributed by atoms with Gasteiger partial charge in [-0.05, 0) is 30.7 Å². The highest BCUT2D eigenvalue weighted by molar-refractivity contribution is 7.89. The minimum atomic E-state index is -3.61. The van der Waals surface area contributed by atoms with E-state index in [0.717, 1.165) is 0 Å². The van der Waals surface area contributed by atoms with Gasteiger partial charge in [0.15, 0.2) is 0 Å². The molecule has 1 aliphatic heterocycles. The predicted molar refractivity (Wildman–Crippen MR) is 96.3 cm³/mol. The third-order valence-electron chi connectivity index (χ3n) is 3.95. The minimum absolute atomic E-state index is 0.149. The van der Waals surface area contributed by atoms with Crippen molar-refractivity contribution >= 4 is 39.0 Å². The van der Waals surface area contributed by atoms with E-state index >= 15 is 0 Å². The number of hydrogen-bond acceptors (Lipinski definition) is 4. The predicted octanol–water partition coefficient (Wildman–Crippen LogP) is 3.29. The molecule has 0 atom stereocenters. The van der Waals surface area contributed by atoms with Gasteiger partial charge in [0.2, 0.25) is 10.0 Å². The first-order chi connectivity index (χ1) is 11.5. The molecule has 5 nitrogen and oxygen atoms in total. The smallest absolute Gasteiger partial charge is 0.244 e. The number of rotatable bonds is 3. The molecule has 1 fully saturated rings. The Kier molecular flexibility index (Phi) is 5.30. The third-order valence-corrected chi connectivity index (χ3v) is 6.64. The number of hydrogen-bond donors (Lipinski definition) is 0. The summed E-state index contributed by atoms with van der Waals surface area (Å²) in [5.41, 5.74) is 0. The molecule has 0 amide bonds. The summed E-state index contributed by atoms with van der Waals surface area (Å²) in [7, 11) is -3.61. The number of anilines is 1. The van der Waals surface area contributed by atoms with Crippen LogP contribution in [-0.4, -0.2) is 43.9 Å². The molecular formula is C16H17Cl2N3O2S. The molecule has 8 heteroatoms. The molecule has 2 aromatic rings. The van der Waals surface area contributed by atoms with Crippen molar-refractivity contribution in [3.8, 4) is 0 Å². The number of aromatic nitrogens is 1. The van der Waals surface area contributed by atoms with E-state index in [0.29, 0.717) is 43.4 Å². The van der Waals surface area contributed by atoms with Gasteiger partial charge in [-0.25, -0.2) is 13.4 Å². The molecule has 2 heterocycles. The van der Waals surface area contributed by atoms with Crippen molar-refractivity contribution < 1.29 is 8.42 Å². The second-order valence-electron chi connectivity index (χ2n) is 5.48. The van der Waals surface area contributed by atoms with E-state index in [1.165, 1.54) is 10.4 Å². The molecule has 0 N–H and O–H groups in total. The van der Waals surface area contributed by atoms with E-state index < -0.39 is 10.0 Å². The Labute approximate surface area is 151 Å². The van der Waals surface area contributed by atoms with E-state index in [-0.39, 0.29) is 9.92 Å². The molecule has 0 unspecified atom stereocenters. The molecule has 24 heavy (non-hydrogen) atoms. The number of pyridine rings is 1. The lowest BCUT2D eigenvalue weighted by Gasteiger charge is -2.23. The molecule has 1 aromatic heterocycles. The molecule has 0 radical (unpaired) electrons. The maximum atomic E-state index is 12.9. The van der Waals surface area contributed by atoms with E-state index in [1.807, 2.05) is 4.90 Å². The lowest BCUT2D eigenvalue weighted by atomic mass is 10.3. The van der Waals surface area contributed by atoms with Gasteiger partial charge < -0.3 is 4.90 Å². The summed E-state index contributed by atoms with van der Waals surface area (Å²) in [6, 6.07) is 10.1. The van der Waals surface area contributed by atoms with Gasteiger partial charge in [0.25, 0.3) is 0 Å². The van der Waals surface area contributed by atoms with Gasteiger partial charge in [-0.3, -0.25) is 0 Å². The van der Waals surface area contributed by atoms with Gasteiger partial charge in [-0.1, -0.05) is 35.3 Å². The van der Waals surface area contributed by atoms with Crippen LogP contribution in [0.2, 0.25) is 10.0 Å². The van der Waals surface area contributed by atoms with Crippen molar-refractivity contribution in [3.63, 3.8) is 0 Å². The summed E-state index contributed by atoms with van der Waals surface area (Å²) in [6.07, 6.45) is 2.38. The SMILES string of the molecule is O=S(=O)(c1ccccc1Cl)N1CCCN(c2ncccc2Cl)CC1. The quantitative estimate of drug-likeness (QED) is 0.813. The zero-order valence-corrected chi connectivity index (χ0v) is 15.2. The topological polar surface area (TPSA) is 53.5 Å². The fourth-order valence-electron chi connectivity index (χ4n) is 2.75. The minimum Gasteiger partial charge on any atom is -0.354 e. The number of nitrogens with zero attached hydrogens (tertiary/aromatic N) is 3. The first-order valence-electron chi connectivity index (χ1n) is 7.60. The monoisotopic (exact) mass is 385 g/mol. The third kappa shape index (κ3) is 3.52. The Morgan fingerprint density at radius 3 is 2.42 bits per heavy atom. The van der Waals surface area contributed by atoms with Crippen molar-refractivity contribution in [2.75, 3.05) is 31.1 Å². The fraction of sp³-hybridized carbons (Fsp3) is 0.312. The number of benzene rings is 1. The first kappa shape index (κ1) is 17.5. The van der Waals surface area contributed by atoms with Crippen LogP contribution in [0.3, 0.4) is 0 Å². The van der Waals surface area contributed by atoms with Crippen LogP contribution >= 0.6 is 23.2 Å². The number of halogens is 2. The van der Waals surface area contributed by atoms with Gasteiger partial charge in [-0.2, -0.15) is 4.31 Å². The highest BCUT2D eigenvalue weighted by atomic mass is 35.5. The summed E-state index contributed by atoms with van der Waals surface area (Å²) >= 11 is 12.3. The second kappa shape index (κ2) is 7.27. The largest absolute Gasteiger partial charge is 0.354 e. The Balaban J connectivity index is 1.81. The van der Waals surface area contributed by atoms with Crippen LogP contribution in [0.5, 0.6) is 0 Å². The Bertz CT molecular complexity index is 830. The molecule has 3 rings (SSSR count). The van der Waals surface area contributed by atoms with Gasteiger partial charge in [-0.15, -0.1) is 0 Å². The normalized spacial score (nSPS) is 16.8. The second-order valence-corrected chi connectivity index (χ2v) is 8.20. The van der Waals surface area contributed by atoms with Crippen LogP contribution < -0.4 is 4.90 Å². The molecule has 0 aliphatic carbocycles. The summed E-state index contributed by atoms with van der Waals surface area (Å²) in [6.45, 7) is 2.03. The average Bonchev–Trinajstić information content (AvgIpc) is 2.82. The van der Waals surface area contributed by atoms with Gasteiger partial charge in [0.1, 0.15) is 10.7 Å². The van der Waals surface area contributed by atoms with Crippen molar-refractivity contribution in [3.05, 3.63) is 52.6 Å². The van der Waals surface area contributed by atoms with Crippen LogP contribution in [0.15, 0.2) is 47.5 Å². The van der Waals surface area contributed by atoms with Crippen molar-refractivity contribution in [2.45, 2.75) is 11.3 Å². The highest BCUT2D eigenvalue weighted by Gasteiger charge is 2.29. The van der Waals surface area contributed by atoms with E-state index in [9.17, 15) is 8.42 Å². The first-order valence-corrected chi connectivity index (χ1v) is 9.80. The summed E-state index contributed by atoms with van der Waals surface area (Å²) in [5, 5.41) is 0.811. The Hall–Kier alpha value is -1.34. The van der Waals surface area contributed by atoms with E-state index in [1.54, 1.807) is 36.5 Å². The molecule has 0 spiro atoms. The van der Waals surface area contributed by atoms with Crippen LogP contribution in [0, 0.1) is 0 Å². The summed E-state index contributed by atoms with van der Waals surface area (Å²) < 4.78 is 27.2. The molecule has 128 valence electrons. The van der Waals surface area contributed by atoms with Crippen LogP contribution in [0.1, 0.15) is 6.42 Å². The Morgan fingerprint density at radius 1 is 0.917 bits per heavy atom. The summed E-state index contributed by atoms with van der Waals surface area (Å²) in [4.78, 5) is 6.48. The molecule has 0 bridgehead atoms. The van der Waals surface area contributed by atoms with Gasteiger partial charge in [0, 0.05) is 32.4 Å². The molecule has 1 saturated heterocycles. The molecule has 1 aromatic carbocycles. The highest BCUT2D eigenvalue weighted by Crippen LogP contribution is 2.27. The molecule has 1 aliphatic rings. The maximum absolute atomic E-state index is 12.9. The fourth-order valence-corrected chi connectivity index (χ4v) is 4.95. The standard InChI is InChI=1S/C16H17Cl2N3O2S/c17-13-5-1-2-7-15(13)24(22,23)21-10-4-9-20(11-12-21)16-14(18)6-3-8-19-16/h1-3,5-8H,4,9-12H2. The zero-order chi connectivity index (χ0) is 17.2. The zero-order valence-electron chi connectivity index (χ0n) is 12.9. The maximum Gasteiger partial charge on any atom is 0.244 e. The molecule has 0 saturated carbocycles. The number of sulfonamides is 1. The van der Waals surface area contributed by atoms with Crippen molar-refractivity contribution in [1.29, 1.82) is 0 Å².